The van der Waals surface area contributed by atoms with Crippen molar-refractivity contribution in [2.24, 2.45) is 0 Å². The number of amides is 1. The van der Waals surface area contributed by atoms with E-state index in [2.05, 4.69) is 10.3 Å². The minimum atomic E-state index is -0.0263. The normalized spacial score (nSPS) is 10.9. The number of hydrogen-bond donors (Lipinski definition) is 2. The van der Waals surface area contributed by atoms with Crippen molar-refractivity contribution < 1.29 is 4.79 Å². The predicted molar refractivity (Wildman–Crippen MR) is 84.4 cm³/mol. The molecule has 1 aromatic carbocycles. The molecule has 1 heterocycles. The zero-order valence-corrected chi connectivity index (χ0v) is 12.3. The highest BCUT2D eigenvalue weighted by molar-refractivity contribution is 7.15. The highest BCUT2D eigenvalue weighted by Gasteiger charge is 2.07. The average molecular weight is 287 g/mol. The molecule has 4 nitrogen and oxygen atoms in total. The Balaban J connectivity index is 2.06. The summed E-state index contributed by atoms with van der Waals surface area (Å²) in [5.41, 5.74) is 8.81. The molecule has 3 N–H and O–H groups in total. The van der Waals surface area contributed by atoms with Gasteiger partial charge in [0.05, 0.1) is 5.69 Å². The molecule has 0 aliphatic heterocycles. The third-order valence-corrected chi connectivity index (χ3v) is 3.58. The van der Waals surface area contributed by atoms with E-state index in [9.17, 15) is 4.79 Å². The summed E-state index contributed by atoms with van der Waals surface area (Å²) in [6, 6.07) is 8.10. The Morgan fingerprint density at radius 3 is 2.65 bits per heavy atom. The lowest BCUT2D eigenvalue weighted by molar-refractivity contribution is -0.118. The number of hydrogen-bond acceptors (Lipinski definition) is 4. The number of thiazole rings is 1. The van der Waals surface area contributed by atoms with Crippen molar-refractivity contribution in [1.82, 2.24) is 10.3 Å². The molecule has 5 heteroatoms. The van der Waals surface area contributed by atoms with Crippen molar-refractivity contribution in [3.63, 3.8) is 0 Å². The van der Waals surface area contributed by atoms with Crippen LogP contribution in [0.3, 0.4) is 0 Å². The largest absolute Gasteiger partial charge is 0.375 e. The van der Waals surface area contributed by atoms with Gasteiger partial charge in [0.1, 0.15) is 0 Å². The number of carbonyl (C=O) groups is 1. The van der Waals surface area contributed by atoms with Gasteiger partial charge in [-0.15, -0.1) is 11.3 Å². The fourth-order valence-corrected chi connectivity index (χ4v) is 2.55. The van der Waals surface area contributed by atoms with E-state index < -0.39 is 0 Å². The number of carbonyl (C=O) groups excluding carboxylic acids is 1. The van der Waals surface area contributed by atoms with Gasteiger partial charge in [0, 0.05) is 23.9 Å². The van der Waals surface area contributed by atoms with Gasteiger partial charge in [-0.25, -0.2) is 4.98 Å². The molecule has 0 saturated carbocycles. The predicted octanol–water partition coefficient (Wildman–Crippen LogP) is 2.85. The Hall–Kier alpha value is -2.14. The Labute approximate surface area is 122 Å². The topological polar surface area (TPSA) is 68.0 Å². The standard InChI is InChI=1S/C15H17N3OS/c1-10-14(18-15(16)20-10)13-7-5-12(6-8-13)4-3-9-17-11(2)19/h3-8H,9H2,1-2H3,(H2,16,18)(H,17,19). The van der Waals surface area contributed by atoms with Crippen molar-refractivity contribution in [1.29, 1.82) is 0 Å². The molecule has 0 atom stereocenters. The lowest BCUT2D eigenvalue weighted by Crippen LogP contribution is -2.19. The van der Waals surface area contributed by atoms with E-state index in [-0.39, 0.29) is 5.91 Å². The first kappa shape index (κ1) is 14.3. The van der Waals surface area contributed by atoms with Crippen LogP contribution < -0.4 is 11.1 Å². The molecule has 0 saturated heterocycles. The zero-order chi connectivity index (χ0) is 14.5. The van der Waals surface area contributed by atoms with E-state index >= 15 is 0 Å². The molecule has 20 heavy (non-hydrogen) atoms. The van der Waals surface area contributed by atoms with Crippen LogP contribution in [0, 0.1) is 6.92 Å². The first-order valence-electron chi connectivity index (χ1n) is 6.30. The summed E-state index contributed by atoms with van der Waals surface area (Å²) in [7, 11) is 0. The maximum absolute atomic E-state index is 10.7. The molecule has 1 aromatic heterocycles. The van der Waals surface area contributed by atoms with Crippen molar-refractivity contribution >= 4 is 28.5 Å². The Morgan fingerprint density at radius 1 is 1.40 bits per heavy atom. The fourth-order valence-electron chi connectivity index (χ4n) is 1.83. The second kappa shape index (κ2) is 6.34. The number of benzene rings is 1. The average Bonchev–Trinajstić information content (AvgIpc) is 2.74. The summed E-state index contributed by atoms with van der Waals surface area (Å²) >= 11 is 1.50. The molecule has 0 aliphatic rings. The molecule has 0 radical (unpaired) electrons. The minimum absolute atomic E-state index is 0.0263. The molecule has 0 unspecified atom stereocenters. The molecule has 0 aliphatic carbocycles. The van der Waals surface area contributed by atoms with E-state index in [1.165, 1.54) is 18.3 Å². The quantitative estimate of drug-likeness (QED) is 0.908. The van der Waals surface area contributed by atoms with E-state index in [4.69, 9.17) is 5.73 Å². The van der Waals surface area contributed by atoms with Crippen LogP contribution in [0.4, 0.5) is 5.13 Å². The summed E-state index contributed by atoms with van der Waals surface area (Å²) in [6.45, 7) is 4.06. The van der Waals surface area contributed by atoms with Gasteiger partial charge in [-0.1, -0.05) is 36.4 Å². The van der Waals surface area contributed by atoms with Crippen LogP contribution in [0.25, 0.3) is 17.3 Å². The third-order valence-electron chi connectivity index (χ3n) is 2.78. The van der Waals surface area contributed by atoms with Crippen LogP contribution in [0.15, 0.2) is 30.3 Å². The molecular formula is C15H17N3OS. The van der Waals surface area contributed by atoms with E-state index in [1.54, 1.807) is 0 Å². The Kier molecular flexibility index (Phi) is 4.53. The smallest absolute Gasteiger partial charge is 0.217 e. The highest BCUT2D eigenvalue weighted by atomic mass is 32.1. The molecule has 1 amide bonds. The van der Waals surface area contributed by atoms with Gasteiger partial charge in [0.15, 0.2) is 5.13 Å². The van der Waals surface area contributed by atoms with Crippen LogP contribution in [0.1, 0.15) is 17.4 Å². The second-order valence-corrected chi connectivity index (χ2v) is 5.65. The fraction of sp³-hybridized carbons (Fsp3) is 0.200. The van der Waals surface area contributed by atoms with Crippen molar-refractivity contribution in [2.45, 2.75) is 13.8 Å². The SMILES string of the molecule is CC(=O)NCC=Cc1ccc(-c2nc(N)sc2C)cc1. The first-order chi connectivity index (χ1) is 9.56. The van der Waals surface area contributed by atoms with Gasteiger partial charge in [-0.3, -0.25) is 4.79 Å². The molecule has 2 rings (SSSR count). The summed E-state index contributed by atoms with van der Waals surface area (Å²) in [6.07, 6.45) is 3.89. The molecule has 2 aromatic rings. The molecule has 104 valence electrons. The van der Waals surface area contributed by atoms with Gasteiger partial charge in [-0.2, -0.15) is 0 Å². The van der Waals surface area contributed by atoms with E-state index in [0.717, 1.165) is 21.7 Å². The van der Waals surface area contributed by atoms with Gasteiger partial charge in [0.2, 0.25) is 5.91 Å². The minimum Gasteiger partial charge on any atom is -0.375 e. The van der Waals surface area contributed by atoms with E-state index in [1.807, 2.05) is 43.3 Å². The van der Waals surface area contributed by atoms with E-state index in [0.29, 0.717) is 11.7 Å². The number of nitrogen functional groups attached to an aromatic ring is 1. The van der Waals surface area contributed by atoms with Crippen molar-refractivity contribution in [3.8, 4) is 11.3 Å². The maximum Gasteiger partial charge on any atom is 0.217 e. The number of rotatable bonds is 4. The third kappa shape index (κ3) is 3.68. The van der Waals surface area contributed by atoms with Crippen LogP contribution in [0.2, 0.25) is 0 Å². The zero-order valence-electron chi connectivity index (χ0n) is 11.5. The van der Waals surface area contributed by atoms with Crippen LogP contribution >= 0.6 is 11.3 Å². The van der Waals surface area contributed by atoms with Gasteiger partial charge in [0.25, 0.3) is 0 Å². The lowest BCUT2D eigenvalue weighted by atomic mass is 10.1. The summed E-state index contributed by atoms with van der Waals surface area (Å²) in [4.78, 5) is 16.2. The first-order valence-corrected chi connectivity index (χ1v) is 7.12. The van der Waals surface area contributed by atoms with Crippen LogP contribution in [-0.2, 0) is 4.79 Å². The number of nitrogens with two attached hydrogens (primary N) is 1. The Morgan fingerprint density at radius 2 is 2.10 bits per heavy atom. The van der Waals surface area contributed by atoms with Crippen LogP contribution in [-0.4, -0.2) is 17.4 Å². The Bertz CT molecular complexity index is 629. The maximum atomic E-state index is 10.7. The van der Waals surface area contributed by atoms with Gasteiger partial charge < -0.3 is 11.1 Å². The summed E-state index contributed by atoms with van der Waals surface area (Å²) in [5.74, 6) is -0.0263. The van der Waals surface area contributed by atoms with Crippen molar-refractivity contribution in [3.05, 3.63) is 40.8 Å². The number of anilines is 1. The number of nitrogens with zero attached hydrogens (tertiary/aromatic N) is 1. The number of aromatic nitrogens is 1. The summed E-state index contributed by atoms with van der Waals surface area (Å²) in [5, 5.41) is 3.31. The molecule has 0 fully saturated rings. The monoisotopic (exact) mass is 287 g/mol. The van der Waals surface area contributed by atoms with Crippen molar-refractivity contribution in [2.75, 3.05) is 12.3 Å². The van der Waals surface area contributed by atoms with Gasteiger partial charge in [-0.05, 0) is 12.5 Å². The molecule has 0 bridgehead atoms. The highest BCUT2D eigenvalue weighted by Crippen LogP contribution is 2.28. The molecular weight excluding hydrogens is 270 g/mol. The van der Waals surface area contributed by atoms with Crippen LogP contribution in [0.5, 0.6) is 0 Å². The lowest BCUT2D eigenvalue weighted by Gasteiger charge is -2.00. The molecule has 0 spiro atoms. The summed E-state index contributed by atoms with van der Waals surface area (Å²) < 4.78 is 0. The second-order valence-electron chi connectivity index (χ2n) is 4.42. The number of aryl methyl sites for hydroxylation is 1. The van der Waals surface area contributed by atoms with Gasteiger partial charge >= 0.3 is 0 Å². The number of nitrogens with one attached hydrogen (secondary N) is 1.